The van der Waals surface area contributed by atoms with Crippen LogP contribution < -0.4 is 5.32 Å². The van der Waals surface area contributed by atoms with Crippen molar-refractivity contribution in [3.05, 3.63) is 35.4 Å². The molecule has 23 heavy (non-hydrogen) atoms. The van der Waals surface area contributed by atoms with Crippen LogP contribution in [-0.2, 0) is 4.74 Å². The molecule has 0 saturated carbocycles. The Kier molecular flexibility index (Phi) is 6.90. The number of nitrogens with one attached hydrogen (secondary N) is 1. The van der Waals surface area contributed by atoms with Crippen molar-refractivity contribution >= 4 is 5.96 Å². The van der Waals surface area contributed by atoms with Crippen LogP contribution in [0.3, 0.4) is 0 Å². The lowest BCUT2D eigenvalue weighted by Gasteiger charge is -2.34. The van der Waals surface area contributed by atoms with E-state index in [0.717, 1.165) is 45.0 Å². The van der Waals surface area contributed by atoms with E-state index in [1.54, 1.807) is 0 Å². The van der Waals surface area contributed by atoms with Crippen LogP contribution in [0.2, 0.25) is 0 Å². The molecule has 1 aliphatic rings. The van der Waals surface area contributed by atoms with Gasteiger partial charge in [-0.2, -0.15) is 0 Å². The van der Waals surface area contributed by atoms with Gasteiger partial charge >= 0.3 is 0 Å². The summed E-state index contributed by atoms with van der Waals surface area (Å²) in [6, 6.07) is 8.75. The van der Waals surface area contributed by atoms with Crippen LogP contribution in [0.25, 0.3) is 0 Å². The van der Waals surface area contributed by atoms with E-state index in [1.807, 2.05) is 7.05 Å². The van der Waals surface area contributed by atoms with Gasteiger partial charge in [-0.3, -0.25) is 4.99 Å². The molecule has 1 aromatic carbocycles. The summed E-state index contributed by atoms with van der Waals surface area (Å²) in [7, 11) is 1.87. The van der Waals surface area contributed by atoms with Crippen molar-refractivity contribution in [2.24, 2.45) is 4.99 Å². The summed E-state index contributed by atoms with van der Waals surface area (Å²) < 4.78 is 5.72. The van der Waals surface area contributed by atoms with Gasteiger partial charge in [0.25, 0.3) is 0 Å². The Morgan fingerprint density at radius 2 is 2.13 bits per heavy atom. The molecule has 1 aromatic rings. The second-order valence-corrected chi connectivity index (χ2v) is 6.39. The molecule has 0 spiro atoms. The van der Waals surface area contributed by atoms with E-state index in [2.05, 4.69) is 60.2 Å². The largest absolute Gasteiger partial charge is 0.378 e. The molecule has 0 aliphatic carbocycles. The Morgan fingerprint density at radius 3 is 2.74 bits per heavy atom. The number of benzene rings is 1. The normalized spacial score (nSPS) is 18.1. The lowest BCUT2D eigenvalue weighted by Crippen LogP contribution is -2.47. The summed E-state index contributed by atoms with van der Waals surface area (Å²) >= 11 is 0. The molecule has 2 rings (SSSR count). The fourth-order valence-corrected chi connectivity index (χ4v) is 3.14. The highest BCUT2D eigenvalue weighted by atomic mass is 16.5. The van der Waals surface area contributed by atoms with Crippen LogP contribution in [0.15, 0.2) is 29.3 Å². The van der Waals surface area contributed by atoms with E-state index in [9.17, 15) is 0 Å². The molecular formula is C19H31N3O. The highest BCUT2D eigenvalue weighted by Crippen LogP contribution is 2.17. The first-order chi connectivity index (χ1) is 11.1. The third-order valence-electron chi connectivity index (χ3n) is 4.53. The fraction of sp³-hybridized carbons (Fsp3) is 0.632. The van der Waals surface area contributed by atoms with Gasteiger partial charge in [-0.1, -0.05) is 36.8 Å². The van der Waals surface area contributed by atoms with E-state index in [-0.39, 0.29) is 0 Å². The van der Waals surface area contributed by atoms with E-state index in [4.69, 9.17) is 4.74 Å². The van der Waals surface area contributed by atoms with Crippen molar-refractivity contribution in [2.45, 2.75) is 45.6 Å². The summed E-state index contributed by atoms with van der Waals surface area (Å²) in [5.74, 6) is 1.48. The van der Waals surface area contributed by atoms with Crippen LogP contribution >= 0.6 is 0 Å². The summed E-state index contributed by atoms with van der Waals surface area (Å²) in [6.07, 6.45) is 2.59. The monoisotopic (exact) mass is 317 g/mol. The number of hydrogen-bond acceptors (Lipinski definition) is 2. The SMILES string of the molecule is CCOC1CCN(C(=NC)NCC(C)c2cccc(C)c2)CC1. The van der Waals surface area contributed by atoms with Crippen LogP contribution in [-0.4, -0.2) is 50.3 Å². The van der Waals surface area contributed by atoms with Crippen molar-refractivity contribution < 1.29 is 4.74 Å². The zero-order chi connectivity index (χ0) is 16.7. The number of aliphatic imine (C=N–C) groups is 1. The highest BCUT2D eigenvalue weighted by molar-refractivity contribution is 5.80. The van der Waals surface area contributed by atoms with E-state index < -0.39 is 0 Å². The maximum atomic E-state index is 5.72. The maximum absolute atomic E-state index is 5.72. The summed E-state index contributed by atoms with van der Waals surface area (Å²) in [6.45, 7) is 10.2. The molecule has 4 nitrogen and oxygen atoms in total. The molecule has 1 unspecified atom stereocenters. The molecule has 0 amide bonds. The number of piperidine rings is 1. The smallest absolute Gasteiger partial charge is 0.193 e. The van der Waals surface area contributed by atoms with Gasteiger partial charge in [0.1, 0.15) is 0 Å². The molecule has 0 bridgehead atoms. The second-order valence-electron chi connectivity index (χ2n) is 6.39. The first-order valence-electron chi connectivity index (χ1n) is 8.77. The van der Waals surface area contributed by atoms with Crippen molar-refractivity contribution in [3.63, 3.8) is 0 Å². The summed E-state index contributed by atoms with van der Waals surface area (Å²) in [4.78, 5) is 6.80. The van der Waals surface area contributed by atoms with Crippen molar-refractivity contribution in [3.8, 4) is 0 Å². The molecular weight excluding hydrogens is 286 g/mol. The minimum absolute atomic E-state index is 0.417. The van der Waals surface area contributed by atoms with Crippen molar-refractivity contribution in [1.29, 1.82) is 0 Å². The Morgan fingerprint density at radius 1 is 1.39 bits per heavy atom. The summed E-state index contributed by atoms with van der Waals surface area (Å²) in [5.41, 5.74) is 2.69. The summed E-state index contributed by atoms with van der Waals surface area (Å²) in [5, 5.41) is 3.54. The first-order valence-corrected chi connectivity index (χ1v) is 8.77. The average Bonchev–Trinajstić information content (AvgIpc) is 2.57. The van der Waals surface area contributed by atoms with Crippen LogP contribution in [0.4, 0.5) is 0 Å². The van der Waals surface area contributed by atoms with Gasteiger partial charge in [-0.05, 0) is 38.2 Å². The molecule has 1 heterocycles. The molecule has 0 aromatic heterocycles. The quantitative estimate of drug-likeness (QED) is 0.669. The van der Waals surface area contributed by atoms with Crippen LogP contribution in [0.5, 0.6) is 0 Å². The van der Waals surface area contributed by atoms with E-state index >= 15 is 0 Å². The zero-order valence-electron chi connectivity index (χ0n) is 15.0. The number of guanidine groups is 1. The number of hydrogen-bond donors (Lipinski definition) is 1. The number of nitrogens with zero attached hydrogens (tertiary/aromatic N) is 2. The molecule has 1 aliphatic heterocycles. The first kappa shape index (κ1) is 17.8. The topological polar surface area (TPSA) is 36.9 Å². The third kappa shape index (κ3) is 5.24. The molecule has 1 N–H and O–H groups in total. The van der Waals surface area contributed by atoms with E-state index in [0.29, 0.717) is 12.0 Å². The standard InChI is InChI=1S/C19H31N3O/c1-5-23-18-9-11-22(12-10-18)19(20-4)21-14-16(3)17-8-6-7-15(2)13-17/h6-8,13,16,18H,5,9-12,14H2,1-4H3,(H,20,21). The number of ether oxygens (including phenoxy) is 1. The molecule has 0 radical (unpaired) electrons. The van der Waals surface area contributed by atoms with Crippen molar-refractivity contribution in [1.82, 2.24) is 10.2 Å². The van der Waals surface area contributed by atoms with Gasteiger partial charge in [-0.15, -0.1) is 0 Å². The Balaban J connectivity index is 1.84. The van der Waals surface area contributed by atoms with Gasteiger partial charge in [-0.25, -0.2) is 0 Å². The second kappa shape index (κ2) is 8.92. The Bertz CT molecular complexity index is 507. The zero-order valence-corrected chi connectivity index (χ0v) is 15.0. The van der Waals surface area contributed by atoms with Gasteiger partial charge in [0.15, 0.2) is 5.96 Å². The lowest BCUT2D eigenvalue weighted by molar-refractivity contribution is 0.0264. The molecule has 128 valence electrons. The number of rotatable bonds is 5. The van der Waals surface area contributed by atoms with Gasteiger partial charge in [0, 0.05) is 33.3 Å². The van der Waals surface area contributed by atoms with Crippen LogP contribution in [0.1, 0.15) is 43.7 Å². The van der Waals surface area contributed by atoms with Gasteiger partial charge in [0.2, 0.25) is 0 Å². The van der Waals surface area contributed by atoms with Gasteiger partial charge in [0.05, 0.1) is 6.10 Å². The average molecular weight is 317 g/mol. The van der Waals surface area contributed by atoms with Crippen molar-refractivity contribution in [2.75, 3.05) is 33.3 Å². The fourth-order valence-electron chi connectivity index (χ4n) is 3.14. The minimum atomic E-state index is 0.417. The third-order valence-corrected chi connectivity index (χ3v) is 4.53. The predicted molar refractivity (Wildman–Crippen MR) is 97.2 cm³/mol. The molecule has 1 atom stereocenters. The number of aryl methyl sites for hydroxylation is 1. The highest BCUT2D eigenvalue weighted by Gasteiger charge is 2.21. The Hall–Kier alpha value is -1.55. The van der Waals surface area contributed by atoms with Gasteiger partial charge < -0.3 is 15.0 Å². The Labute approximate surface area is 140 Å². The maximum Gasteiger partial charge on any atom is 0.193 e. The minimum Gasteiger partial charge on any atom is -0.378 e. The molecule has 4 heteroatoms. The van der Waals surface area contributed by atoms with E-state index in [1.165, 1.54) is 11.1 Å². The molecule has 1 fully saturated rings. The predicted octanol–water partition coefficient (Wildman–Crippen LogP) is 3.17. The number of likely N-dealkylation sites (tertiary alicyclic amines) is 1. The lowest BCUT2D eigenvalue weighted by atomic mass is 9.99. The van der Waals surface area contributed by atoms with Crippen LogP contribution in [0, 0.1) is 6.92 Å². The molecule has 1 saturated heterocycles.